The van der Waals surface area contributed by atoms with Crippen molar-refractivity contribution >= 4 is 17.1 Å². The standard InChI is InChI=1S/C27H38N6O2/c1-20(2)23-19-32(34)17-21-18-33(27-22(26(21)23)7-6-10-28-27)29-11-12-30-13-15-31(16-14-30)24-8-4-5-9-25(24)35-3/h4-10,20,23,29,32H,11-19H2,1-3H3. The fourth-order valence-electron chi connectivity index (χ4n) is 5.78. The Labute approximate surface area is 208 Å². The van der Waals surface area contributed by atoms with Gasteiger partial charge in [0, 0.05) is 62.5 Å². The number of benzene rings is 1. The van der Waals surface area contributed by atoms with Crippen molar-refractivity contribution in [3.8, 4) is 5.75 Å². The van der Waals surface area contributed by atoms with E-state index < -0.39 is 0 Å². The molecule has 35 heavy (non-hydrogen) atoms. The van der Waals surface area contributed by atoms with Crippen molar-refractivity contribution in [3.63, 3.8) is 0 Å². The predicted octanol–water partition coefficient (Wildman–Crippen LogP) is 1.66. The van der Waals surface area contributed by atoms with Crippen molar-refractivity contribution in [2.75, 3.05) is 75.9 Å². The zero-order chi connectivity index (χ0) is 24.4. The van der Waals surface area contributed by atoms with E-state index in [1.165, 1.54) is 22.4 Å². The lowest BCUT2D eigenvalue weighted by molar-refractivity contribution is -0.848. The molecule has 4 heterocycles. The molecular formula is C27H38N6O2. The number of anilines is 2. The largest absolute Gasteiger partial charge is 0.634 e. The maximum atomic E-state index is 12.5. The van der Waals surface area contributed by atoms with Gasteiger partial charge in [-0.3, -0.25) is 9.91 Å². The highest BCUT2D eigenvalue weighted by molar-refractivity contribution is 5.82. The first-order valence-corrected chi connectivity index (χ1v) is 12.9. The summed E-state index contributed by atoms with van der Waals surface area (Å²) >= 11 is 0. The van der Waals surface area contributed by atoms with Crippen molar-refractivity contribution in [3.05, 3.63) is 58.9 Å². The Hall–Kier alpha value is -2.65. The van der Waals surface area contributed by atoms with E-state index in [0.29, 0.717) is 24.1 Å². The predicted molar refractivity (Wildman–Crippen MR) is 141 cm³/mol. The number of ether oxygens (including phenoxy) is 1. The Balaban J connectivity index is 1.20. The van der Waals surface area contributed by atoms with Gasteiger partial charge in [-0.25, -0.2) is 10.4 Å². The van der Waals surface area contributed by atoms with Gasteiger partial charge in [0.25, 0.3) is 0 Å². The molecule has 5 rings (SSSR count). The maximum Gasteiger partial charge on any atom is 0.150 e. The first-order chi connectivity index (χ1) is 17.0. The van der Waals surface area contributed by atoms with Crippen LogP contribution in [0.15, 0.2) is 48.2 Å². The van der Waals surface area contributed by atoms with Crippen LogP contribution in [-0.4, -0.2) is 75.9 Å². The van der Waals surface area contributed by atoms with Crippen LogP contribution >= 0.6 is 0 Å². The van der Waals surface area contributed by atoms with Gasteiger partial charge in [0.2, 0.25) is 0 Å². The number of pyridine rings is 1. The average molecular weight is 479 g/mol. The first-order valence-electron chi connectivity index (χ1n) is 12.9. The number of fused-ring (bicyclic) bond motifs is 2. The molecule has 0 amide bonds. The number of aromatic nitrogens is 1. The molecule has 1 saturated heterocycles. The quantitative estimate of drug-likeness (QED) is 0.587. The summed E-state index contributed by atoms with van der Waals surface area (Å²) in [5, 5.41) is 15.1. The van der Waals surface area contributed by atoms with E-state index in [2.05, 4.69) is 52.3 Å². The molecule has 1 fully saturated rings. The highest BCUT2D eigenvalue weighted by atomic mass is 16.5. The van der Waals surface area contributed by atoms with Gasteiger partial charge in [-0.15, -0.1) is 0 Å². The van der Waals surface area contributed by atoms with E-state index in [0.717, 1.165) is 57.4 Å². The molecule has 0 radical (unpaired) electrons. The highest BCUT2D eigenvalue weighted by Gasteiger charge is 2.36. The van der Waals surface area contributed by atoms with Crippen LogP contribution in [0.5, 0.6) is 5.75 Å². The third-order valence-electron chi connectivity index (χ3n) is 7.62. The van der Waals surface area contributed by atoms with Crippen LogP contribution in [0, 0.1) is 17.0 Å². The summed E-state index contributed by atoms with van der Waals surface area (Å²) < 4.78 is 5.55. The van der Waals surface area contributed by atoms with E-state index >= 15 is 0 Å². The summed E-state index contributed by atoms with van der Waals surface area (Å²) in [4.78, 5) is 9.66. The van der Waals surface area contributed by atoms with Gasteiger partial charge in [-0.2, -0.15) is 0 Å². The number of rotatable bonds is 7. The van der Waals surface area contributed by atoms with Crippen molar-refractivity contribution in [2.45, 2.75) is 13.8 Å². The molecule has 3 aliphatic rings. The highest BCUT2D eigenvalue weighted by Crippen LogP contribution is 2.40. The lowest BCUT2D eigenvalue weighted by Crippen LogP contribution is -3.09. The fraction of sp³-hybridized carbons (Fsp3) is 0.519. The minimum Gasteiger partial charge on any atom is -0.634 e. The van der Waals surface area contributed by atoms with E-state index in [1.54, 1.807) is 7.11 Å². The molecule has 2 unspecified atom stereocenters. The zero-order valence-corrected chi connectivity index (χ0v) is 21.2. The van der Waals surface area contributed by atoms with Crippen LogP contribution in [0.25, 0.3) is 5.57 Å². The third-order valence-corrected chi connectivity index (χ3v) is 7.62. The molecule has 8 nitrogen and oxygen atoms in total. The number of quaternary nitrogens is 1. The SMILES string of the molecule is COc1ccccc1N1CCN(CCNN2CC3=C(c4cccnc42)C(C(C)C)C[NH+]([O-])C3)CC1. The van der Waals surface area contributed by atoms with Crippen molar-refractivity contribution in [1.82, 2.24) is 15.3 Å². The molecule has 1 aromatic carbocycles. The molecule has 0 bridgehead atoms. The molecule has 2 N–H and O–H groups in total. The first kappa shape index (κ1) is 24.1. The van der Waals surface area contributed by atoms with Gasteiger partial charge in [0.15, 0.2) is 5.82 Å². The summed E-state index contributed by atoms with van der Waals surface area (Å²) in [6.45, 7) is 12.2. The van der Waals surface area contributed by atoms with E-state index in [9.17, 15) is 5.21 Å². The summed E-state index contributed by atoms with van der Waals surface area (Å²) in [6, 6.07) is 12.4. The Bertz CT molecular complexity index is 1050. The van der Waals surface area contributed by atoms with Crippen LogP contribution < -0.4 is 25.1 Å². The zero-order valence-electron chi connectivity index (χ0n) is 21.2. The topological polar surface area (TPSA) is 71.4 Å². The van der Waals surface area contributed by atoms with Crippen LogP contribution in [0.1, 0.15) is 19.4 Å². The van der Waals surface area contributed by atoms with Gasteiger partial charge in [-0.05, 0) is 35.8 Å². The van der Waals surface area contributed by atoms with Gasteiger partial charge in [0.1, 0.15) is 12.3 Å². The molecule has 0 aliphatic carbocycles. The Morgan fingerprint density at radius 2 is 1.94 bits per heavy atom. The maximum absolute atomic E-state index is 12.5. The number of hydrazine groups is 1. The summed E-state index contributed by atoms with van der Waals surface area (Å²) in [6.07, 6.45) is 1.87. The van der Waals surface area contributed by atoms with Crippen LogP contribution in [0.4, 0.5) is 11.5 Å². The molecular weight excluding hydrogens is 440 g/mol. The van der Waals surface area contributed by atoms with E-state index in [4.69, 9.17) is 9.72 Å². The smallest absolute Gasteiger partial charge is 0.150 e. The lowest BCUT2D eigenvalue weighted by atomic mass is 9.78. The second-order valence-corrected chi connectivity index (χ2v) is 10.2. The second-order valence-electron chi connectivity index (χ2n) is 10.2. The van der Waals surface area contributed by atoms with Crippen LogP contribution in [-0.2, 0) is 0 Å². The van der Waals surface area contributed by atoms with Crippen LogP contribution in [0.2, 0.25) is 0 Å². The summed E-state index contributed by atoms with van der Waals surface area (Å²) in [5.41, 5.74) is 8.63. The second kappa shape index (κ2) is 10.5. The minimum absolute atomic E-state index is 0.288. The number of hydroxylamine groups is 2. The van der Waals surface area contributed by atoms with Gasteiger partial charge in [-0.1, -0.05) is 26.0 Å². The number of nitrogens with zero attached hydrogens (tertiary/aromatic N) is 4. The summed E-state index contributed by atoms with van der Waals surface area (Å²) in [7, 11) is 1.74. The Kier molecular flexibility index (Phi) is 7.24. The number of methoxy groups -OCH3 is 1. The molecule has 2 aromatic rings. The van der Waals surface area contributed by atoms with E-state index in [-0.39, 0.29) is 5.92 Å². The fourth-order valence-corrected chi connectivity index (χ4v) is 5.78. The molecule has 0 spiro atoms. The Morgan fingerprint density at radius 1 is 1.14 bits per heavy atom. The van der Waals surface area contributed by atoms with Crippen molar-refractivity contribution in [1.29, 1.82) is 0 Å². The van der Waals surface area contributed by atoms with Crippen LogP contribution in [0.3, 0.4) is 0 Å². The molecule has 8 heteroatoms. The molecule has 188 valence electrons. The number of para-hydroxylation sites is 2. The van der Waals surface area contributed by atoms with Crippen molar-refractivity contribution < 1.29 is 9.80 Å². The van der Waals surface area contributed by atoms with E-state index in [1.807, 2.05) is 24.4 Å². The molecule has 2 atom stereocenters. The molecule has 1 aromatic heterocycles. The van der Waals surface area contributed by atoms with Gasteiger partial charge in [0.05, 0.1) is 25.9 Å². The lowest BCUT2D eigenvalue weighted by Gasteiger charge is -2.43. The number of piperazine rings is 1. The van der Waals surface area contributed by atoms with Crippen molar-refractivity contribution in [2.24, 2.45) is 11.8 Å². The monoisotopic (exact) mass is 478 g/mol. The number of nitrogens with one attached hydrogen (secondary N) is 2. The number of hydrogen-bond donors (Lipinski definition) is 2. The number of hydrogen-bond acceptors (Lipinski definition) is 7. The summed E-state index contributed by atoms with van der Waals surface area (Å²) in [5.74, 6) is 2.66. The van der Waals surface area contributed by atoms with Gasteiger partial charge < -0.3 is 19.9 Å². The van der Waals surface area contributed by atoms with Gasteiger partial charge >= 0.3 is 0 Å². The minimum atomic E-state index is 0.288. The molecule has 0 saturated carbocycles. The Morgan fingerprint density at radius 3 is 2.71 bits per heavy atom. The third kappa shape index (κ3) is 5.02. The average Bonchev–Trinajstić information content (AvgIpc) is 2.88. The normalized spacial score (nSPS) is 22.9. The molecule has 3 aliphatic heterocycles.